The zero-order chi connectivity index (χ0) is 24.5. The third-order valence-electron chi connectivity index (χ3n) is 4.09. The second kappa shape index (κ2) is 8.76. The average molecular weight is 473 g/mol. The Morgan fingerprint density at radius 2 is 1.61 bits per heavy atom. The summed E-state index contributed by atoms with van der Waals surface area (Å²) < 4.78 is 99.9. The molecular weight excluding hydrogens is 463 g/mol. The predicted octanol–water partition coefficient (Wildman–Crippen LogP) is 4.80. The second-order valence-electron chi connectivity index (χ2n) is 6.35. The van der Waals surface area contributed by atoms with Crippen molar-refractivity contribution in [1.82, 2.24) is 4.98 Å². The molecule has 0 aliphatic rings. The number of amides is 2. The van der Waals surface area contributed by atoms with Crippen LogP contribution in [0.25, 0.3) is 0 Å². The predicted molar refractivity (Wildman–Crippen MR) is 98.5 cm³/mol. The zero-order valence-corrected chi connectivity index (χ0v) is 15.9. The summed E-state index contributed by atoms with van der Waals surface area (Å²) in [4.78, 5) is 27.2. The van der Waals surface area contributed by atoms with Gasteiger partial charge in [0.15, 0.2) is 23.2 Å². The standard InChI is InChI=1S/C20H10F7N3O3/c21-8-5-11(22)17(12(23)6-8)33-14-4-2-10(20(25,26)27)16(24)15(14)19(32)30-9-1-3-13(18(28)31)29-7-9/h1-7H,(H2,28,31)(H,30,32). The molecule has 33 heavy (non-hydrogen) atoms. The molecule has 0 aliphatic carbocycles. The highest BCUT2D eigenvalue weighted by Gasteiger charge is 2.37. The van der Waals surface area contributed by atoms with E-state index in [0.717, 1.165) is 18.3 Å². The molecule has 2 aromatic carbocycles. The summed E-state index contributed by atoms with van der Waals surface area (Å²) >= 11 is 0. The molecule has 0 saturated carbocycles. The molecule has 2 amide bonds. The SMILES string of the molecule is NC(=O)c1ccc(NC(=O)c2c(Oc3c(F)cc(F)cc3F)ccc(C(F)(F)F)c2F)cn1. The number of nitrogens with two attached hydrogens (primary N) is 1. The highest BCUT2D eigenvalue weighted by molar-refractivity contribution is 6.06. The van der Waals surface area contributed by atoms with Gasteiger partial charge >= 0.3 is 6.18 Å². The fraction of sp³-hybridized carbons (Fsp3) is 0.0500. The molecule has 3 rings (SSSR count). The van der Waals surface area contributed by atoms with Gasteiger partial charge in [-0.25, -0.2) is 22.5 Å². The van der Waals surface area contributed by atoms with Crippen molar-refractivity contribution in [3.63, 3.8) is 0 Å². The largest absolute Gasteiger partial charge is 0.450 e. The van der Waals surface area contributed by atoms with Crippen LogP contribution in [-0.2, 0) is 6.18 Å². The van der Waals surface area contributed by atoms with Crippen molar-refractivity contribution in [2.45, 2.75) is 6.18 Å². The van der Waals surface area contributed by atoms with Crippen molar-refractivity contribution in [1.29, 1.82) is 0 Å². The number of primary amides is 1. The van der Waals surface area contributed by atoms with Gasteiger partial charge in [-0.3, -0.25) is 9.59 Å². The third-order valence-corrected chi connectivity index (χ3v) is 4.09. The fourth-order valence-electron chi connectivity index (χ4n) is 2.62. The number of nitrogens with one attached hydrogen (secondary N) is 1. The number of hydrogen-bond acceptors (Lipinski definition) is 4. The van der Waals surface area contributed by atoms with Crippen LogP contribution >= 0.6 is 0 Å². The van der Waals surface area contributed by atoms with Crippen molar-refractivity contribution < 1.29 is 45.1 Å². The Balaban J connectivity index is 2.07. The molecule has 1 aromatic heterocycles. The van der Waals surface area contributed by atoms with E-state index in [-0.39, 0.29) is 29.6 Å². The number of benzene rings is 2. The van der Waals surface area contributed by atoms with E-state index >= 15 is 0 Å². The Kier molecular flexibility index (Phi) is 6.24. The van der Waals surface area contributed by atoms with E-state index in [1.807, 2.05) is 5.32 Å². The van der Waals surface area contributed by atoms with E-state index in [0.29, 0.717) is 6.07 Å². The van der Waals surface area contributed by atoms with Gasteiger partial charge in [-0.15, -0.1) is 0 Å². The third kappa shape index (κ3) is 5.02. The summed E-state index contributed by atoms with van der Waals surface area (Å²) in [5.74, 6) is -11.3. The second-order valence-corrected chi connectivity index (χ2v) is 6.35. The Labute approximate surface area is 179 Å². The van der Waals surface area contributed by atoms with Gasteiger partial charge in [0.2, 0.25) is 0 Å². The van der Waals surface area contributed by atoms with E-state index in [4.69, 9.17) is 10.5 Å². The van der Waals surface area contributed by atoms with Crippen LogP contribution in [0.3, 0.4) is 0 Å². The summed E-state index contributed by atoms with van der Waals surface area (Å²) in [5.41, 5.74) is 1.41. The van der Waals surface area contributed by atoms with Gasteiger partial charge in [0.1, 0.15) is 22.8 Å². The van der Waals surface area contributed by atoms with E-state index in [2.05, 4.69) is 4.98 Å². The molecule has 0 saturated heterocycles. The molecule has 0 radical (unpaired) electrons. The van der Waals surface area contributed by atoms with Gasteiger partial charge in [0, 0.05) is 12.1 Å². The van der Waals surface area contributed by atoms with Crippen molar-refractivity contribution in [3.8, 4) is 11.5 Å². The number of carbonyl (C=O) groups is 2. The number of anilines is 1. The van der Waals surface area contributed by atoms with E-state index < -0.39 is 63.9 Å². The minimum Gasteiger partial charge on any atom is -0.450 e. The van der Waals surface area contributed by atoms with Crippen LogP contribution in [0.4, 0.5) is 36.4 Å². The number of ether oxygens (including phenoxy) is 1. The maximum Gasteiger partial charge on any atom is 0.419 e. The minimum absolute atomic E-state index is 0.188. The first-order chi connectivity index (χ1) is 15.4. The smallest absolute Gasteiger partial charge is 0.419 e. The van der Waals surface area contributed by atoms with Gasteiger partial charge in [0.25, 0.3) is 11.8 Å². The number of nitrogens with zero attached hydrogens (tertiary/aromatic N) is 1. The number of alkyl halides is 3. The lowest BCUT2D eigenvalue weighted by Crippen LogP contribution is -2.19. The lowest BCUT2D eigenvalue weighted by molar-refractivity contribution is -0.140. The van der Waals surface area contributed by atoms with Crippen LogP contribution in [0.15, 0.2) is 42.6 Å². The molecule has 13 heteroatoms. The average Bonchev–Trinajstić information content (AvgIpc) is 2.70. The van der Waals surface area contributed by atoms with Gasteiger partial charge < -0.3 is 15.8 Å². The van der Waals surface area contributed by atoms with Crippen LogP contribution in [0.5, 0.6) is 11.5 Å². The molecule has 3 aromatic rings. The summed E-state index contributed by atoms with van der Waals surface area (Å²) in [6, 6.07) is 3.26. The van der Waals surface area contributed by atoms with Gasteiger partial charge in [-0.1, -0.05) is 0 Å². The molecule has 0 bridgehead atoms. The molecule has 0 spiro atoms. The van der Waals surface area contributed by atoms with Crippen LogP contribution < -0.4 is 15.8 Å². The first kappa shape index (κ1) is 23.5. The maximum absolute atomic E-state index is 14.7. The van der Waals surface area contributed by atoms with Crippen LogP contribution in [0.2, 0.25) is 0 Å². The monoisotopic (exact) mass is 473 g/mol. The van der Waals surface area contributed by atoms with Crippen molar-refractivity contribution >= 4 is 17.5 Å². The maximum atomic E-state index is 14.7. The lowest BCUT2D eigenvalue weighted by atomic mass is 10.1. The summed E-state index contributed by atoms with van der Waals surface area (Å²) in [5, 5.41) is 2.02. The van der Waals surface area contributed by atoms with E-state index in [1.165, 1.54) is 0 Å². The Morgan fingerprint density at radius 1 is 0.970 bits per heavy atom. The number of halogens is 7. The fourth-order valence-corrected chi connectivity index (χ4v) is 2.62. The van der Waals surface area contributed by atoms with Gasteiger partial charge in [-0.05, 0) is 24.3 Å². The zero-order valence-electron chi connectivity index (χ0n) is 15.9. The molecule has 172 valence electrons. The van der Waals surface area contributed by atoms with Gasteiger partial charge in [0.05, 0.1) is 17.4 Å². The van der Waals surface area contributed by atoms with Crippen molar-refractivity contribution in [2.24, 2.45) is 5.73 Å². The summed E-state index contributed by atoms with van der Waals surface area (Å²) in [6.45, 7) is 0. The van der Waals surface area contributed by atoms with E-state index in [1.54, 1.807) is 0 Å². The van der Waals surface area contributed by atoms with Crippen molar-refractivity contribution in [2.75, 3.05) is 5.32 Å². The number of rotatable bonds is 5. The first-order valence-electron chi connectivity index (χ1n) is 8.67. The summed E-state index contributed by atoms with van der Waals surface area (Å²) in [6.07, 6.45) is -4.32. The number of pyridine rings is 1. The number of carbonyl (C=O) groups excluding carboxylic acids is 2. The molecular formula is C20H10F7N3O3. The molecule has 6 nitrogen and oxygen atoms in total. The molecule has 1 heterocycles. The van der Waals surface area contributed by atoms with Crippen molar-refractivity contribution in [3.05, 3.63) is 82.7 Å². The lowest BCUT2D eigenvalue weighted by Gasteiger charge is -2.16. The number of hydrogen-bond donors (Lipinski definition) is 2. The minimum atomic E-state index is -5.23. The summed E-state index contributed by atoms with van der Waals surface area (Å²) in [7, 11) is 0. The van der Waals surface area contributed by atoms with Gasteiger partial charge in [-0.2, -0.15) is 13.2 Å². The highest BCUT2D eigenvalue weighted by Crippen LogP contribution is 2.38. The molecule has 0 fully saturated rings. The normalized spacial score (nSPS) is 11.2. The van der Waals surface area contributed by atoms with E-state index in [9.17, 15) is 40.3 Å². The first-order valence-corrected chi connectivity index (χ1v) is 8.67. The number of aromatic nitrogens is 1. The highest BCUT2D eigenvalue weighted by atomic mass is 19.4. The Hall–Kier alpha value is -4.16. The quantitative estimate of drug-likeness (QED) is 0.521. The molecule has 0 atom stereocenters. The topological polar surface area (TPSA) is 94.3 Å². The molecule has 0 aliphatic heterocycles. The Bertz CT molecular complexity index is 1220. The van der Waals surface area contributed by atoms with Crippen LogP contribution in [0, 0.1) is 23.3 Å². The molecule has 3 N–H and O–H groups in total. The van der Waals surface area contributed by atoms with Crippen LogP contribution in [-0.4, -0.2) is 16.8 Å². The molecule has 0 unspecified atom stereocenters. The Morgan fingerprint density at radius 3 is 2.12 bits per heavy atom. The van der Waals surface area contributed by atoms with Crippen LogP contribution in [0.1, 0.15) is 26.4 Å².